The van der Waals surface area contributed by atoms with Crippen molar-refractivity contribution in [3.63, 3.8) is 0 Å². The zero-order valence-corrected chi connectivity index (χ0v) is 16.4. The molecule has 27 heavy (non-hydrogen) atoms. The highest BCUT2D eigenvalue weighted by atomic mass is 35.5. The molecule has 4 aromatic rings. The number of rotatable bonds is 5. The van der Waals surface area contributed by atoms with Crippen molar-refractivity contribution in [2.75, 3.05) is 19.5 Å². The van der Waals surface area contributed by atoms with E-state index in [0.717, 1.165) is 33.3 Å². The van der Waals surface area contributed by atoms with Crippen LogP contribution in [0.1, 0.15) is 0 Å². The van der Waals surface area contributed by atoms with Gasteiger partial charge in [0.25, 0.3) is 0 Å². The Labute approximate surface area is 167 Å². The molecule has 4 rings (SSSR count). The minimum Gasteiger partial charge on any atom is -0.497 e. The Morgan fingerprint density at radius 1 is 1.15 bits per heavy atom. The summed E-state index contributed by atoms with van der Waals surface area (Å²) < 4.78 is 7.19. The second-order valence-electron chi connectivity index (χ2n) is 5.53. The molecule has 1 N–H and O–H groups in total. The molecule has 1 aromatic carbocycles. The SMILES string of the molecule is CNc1nc(-n2ccnc2)nc(-c2cccc(OC)c2)c1-c1cccs1.Cl. The number of halogens is 1. The number of nitrogens with one attached hydrogen (secondary N) is 1. The van der Waals surface area contributed by atoms with E-state index < -0.39 is 0 Å². The van der Waals surface area contributed by atoms with Crippen molar-refractivity contribution < 1.29 is 4.74 Å². The summed E-state index contributed by atoms with van der Waals surface area (Å²) in [5.74, 6) is 2.11. The molecule has 0 fully saturated rings. The number of anilines is 1. The van der Waals surface area contributed by atoms with Crippen LogP contribution in [0.15, 0.2) is 60.5 Å². The van der Waals surface area contributed by atoms with E-state index >= 15 is 0 Å². The van der Waals surface area contributed by atoms with Crippen molar-refractivity contribution in [2.45, 2.75) is 0 Å². The number of benzene rings is 1. The van der Waals surface area contributed by atoms with Gasteiger partial charge in [-0.2, -0.15) is 4.98 Å². The Hall–Kier alpha value is -2.90. The first-order valence-electron chi connectivity index (χ1n) is 8.06. The average molecular weight is 400 g/mol. The number of hydrogen-bond acceptors (Lipinski definition) is 6. The fourth-order valence-electron chi connectivity index (χ4n) is 2.76. The van der Waals surface area contributed by atoms with Gasteiger partial charge in [0.05, 0.1) is 18.4 Å². The van der Waals surface area contributed by atoms with Gasteiger partial charge < -0.3 is 10.1 Å². The van der Waals surface area contributed by atoms with Gasteiger partial charge in [-0.3, -0.25) is 4.57 Å². The van der Waals surface area contributed by atoms with Gasteiger partial charge in [0.2, 0.25) is 5.95 Å². The number of hydrogen-bond donors (Lipinski definition) is 1. The van der Waals surface area contributed by atoms with E-state index in [1.165, 1.54) is 0 Å². The topological polar surface area (TPSA) is 64.9 Å². The molecule has 3 heterocycles. The van der Waals surface area contributed by atoms with Crippen LogP contribution in [0, 0.1) is 0 Å². The molecular formula is C19H18ClN5OS. The maximum absolute atomic E-state index is 5.39. The fourth-order valence-corrected chi connectivity index (χ4v) is 3.53. The Morgan fingerprint density at radius 3 is 2.70 bits per heavy atom. The van der Waals surface area contributed by atoms with Gasteiger partial charge in [-0.05, 0) is 23.6 Å². The molecule has 6 nitrogen and oxygen atoms in total. The molecule has 0 bridgehead atoms. The summed E-state index contributed by atoms with van der Waals surface area (Å²) in [5, 5.41) is 5.27. The molecule has 138 valence electrons. The number of imidazole rings is 1. The van der Waals surface area contributed by atoms with Crippen LogP contribution < -0.4 is 10.1 Å². The normalized spacial score (nSPS) is 10.3. The molecule has 0 spiro atoms. The third-order valence-corrected chi connectivity index (χ3v) is 4.87. The average Bonchev–Trinajstić information content (AvgIpc) is 3.40. The van der Waals surface area contributed by atoms with Crippen molar-refractivity contribution in [1.29, 1.82) is 0 Å². The zero-order valence-electron chi connectivity index (χ0n) is 14.8. The molecule has 0 aliphatic carbocycles. The van der Waals surface area contributed by atoms with E-state index in [2.05, 4.69) is 16.4 Å². The highest BCUT2D eigenvalue weighted by Gasteiger charge is 2.19. The smallest absolute Gasteiger partial charge is 0.237 e. The Kier molecular flexibility index (Phi) is 5.73. The van der Waals surface area contributed by atoms with Crippen LogP contribution in [0.25, 0.3) is 27.6 Å². The van der Waals surface area contributed by atoms with E-state index in [1.54, 1.807) is 35.5 Å². The van der Waals surface area contributed by atoms with E-state index in [-0.39, 0.29) is 12.4 Å². The summed E-state index contributed by atoms with van der Waals surface area (Å²) in [6.07, 6.45) is 5.23. The molecule has 3 aromatic heterocycles. The van der Waals surface area contributed by atoms with E-state index in [4.69, 9.17) is 14.7 Å². The van der Waals surface area contributed by atoms with Gasteiger partial charge in [-0.1, -0.05) is 18.2 Å². The van der Waals surface area contributed by atoms with Crippen molar-refractivity contribution in [3.05, 3.63) is 60.5 Å². The van der Waals surface area contributed by atoms with Gasteiger partial charge in [0.15, 0.2) is 0 Å². The highest BCUT2D eigenvalue weighted by Crippen LogP contribution is 2.39. The van der Waals surface area contributed by atoms with Crippen molar-refractivity contribution in [3.8, 4) is 33.4 Å². The molecule has 0 aliphatic rings. The monoisotopic (exact) mass is 399 g/mol. The number of nitrogens with zero attached hydrogens (tertiary/aromatic N) is 4. The lowest BCUT2D eigenvalue weighted by molar-refractivity contribution is 0.415. The largest absolute Gasteiger partial charge is 0.497 e. The quantitative estimate of drug-likeness (QED) is 0.534. The zero-order chi connectivity index (χ0) is 17.9. The number of thiophene rings is 1. The van der Waals surface area contributed by atoms with E-state index in [9.17, 15) is 0 Å². The molecule has 8 heteroatoms. The van der Waals surface area contributed by atoms with Gasteiger partial charge in [-0.25, -0.2) is 9.97 Å². The summed E-state index contributed by atoms with van der Waals surface area (Å²) in [6, 6.07) is 12.0. The van der Waals surface area contributed by atoms with E-state index in [1.807, 2.05) is 49.0 Å². The molecule has 0 saturated heterocycles. The van der Waals surface area contributed by atoms with Crippen LogP contribution >= 0.6 is 23.7 Å². The lowest BCUT2D eigenvalue weighted by Gasteiger charge is -2.15. The third kappa shape index (κ3) is 3.65. The molecule has 0 unspecified atom stereocenters. The molecule has 0 aliphatic heterocycles. The predicted octanol–water partition coefficient (Wildman–Crippen LogP) is 4.53. The first-order chi connectivity index (χ1) is 12.8. The Morgan fingerprint density at radius 2 is 2.04 bits per heavy atom. The standard InChI is InChI=1S/C19H17N5OS.ClH/c1-20-18-16(15-7-4-10-26-15)17(13-5-3-6-14(11-13)25-2)22-19(23-18)24-9-8-21-12-24;/h3-12H,1-2H3,(H,20,22,23);1H. The first-order valence-corrected chi connectivity index (χ1v) is 8.94. The second-order valence-corrected chi connectivity index (χ2v) is 6.47. The minimum atomic E-state index is 0. The van der Waals surface area contributed by atoms with Gasteiger partial charge >= 0.3 is 0 Å². The van der Waals surface area contributed by atoms with Crippen LogP contribution in [-0.2, 0) is 0 Å². The van der Waals surface area contributed by atoms with Crippen molar-refractivity contribution in [1.82, 2.24) is 19.5 Å². The number of ether oxygens (including phenoxy) is 1. The summed E-state index contributed by atoms with van der Waals surface area (Å²) in [6.45, 7) is 0. The molecule has 0 amide bonds. The lowest BCUT2D eigenvalue weighted by atomic mass is 10.0. The predicted molar refractivity (Wildman–Crippen MR) is 111 cm³/mol. The minimum absolute atomic E-state index is 0. The Balaban J connectivity index is 0.00000210. The van der Waals surface area contributed by atoms with E-state index in [0.29, 0.717) is 5.95 Å². The van der Waals surface area contributed by atoms with Gasteiger partial charge in [0.1, 0.15) is 17.9 Å². The van der Waals surface area contributed by atoms with Crippen molar-refractivity contribution in [2.24, 2.45) is 0 Å². The summed E-state index contributed by atoms with van der Waals surface area (Å²) in [7, 11) is 3.53. The summed E-state index contributed by atoms with van der Waals surface area (Å²) >= 11 is 1.66. The third-order valence-electron chi connectivity index (χ3n) is 3.98. The summed E-state index contributed by atoms with van der Waals surface area (Å²) in [4.78, 5) is 14.7. The van der Waals surface area contributed by atoms with Crippen LogP contribution in [0.4, 0.5) is 5.82 Å². The van der Waals surface area contributed by atoms with Crippen LogP contribution in [0.2, 0.25) is 0 Å². The van der Waals surface area contributed by atoms with Gasteiger partial charge in [0, 0.05) is 29.9 Å². The molecular weight excluding hydrogens is 382 g/mol. The second kappa shape index (κ2) is 8.20. The number of methoxy groups -OCH3 is 1. The van der Waals surface area contributed by atoms with Crippen molar-refractivity contribution >= 4 is 29.6 Å². The first kappa shape index (κ1) is 18.9. The summed E-state index contributed by atoms with van der Waals surface area (Å²) in [5.41, 5.74) is 2.78. The fraction of sp³-hybridized carbons (Fsp3) is 0.105. The Bertz CT molecular complexity index is 1020. The molecule has 0 atom stereocenters. The highest BCUT2D eigenvalue weighted by molar-refractivity contribution is 7.13. The maximum Gasteiger partial charge on any atom is 0.237 e. The number of aromatic nitrogens is 4. The lowest BCUT2D eigenvalue weighted by Crippen LogP contribution is -2.06. The molecule has 0 saturated carbocycles. The van der Waals surface area contributed by atoms with Crippen LogP contribution in [0.3, 0.4) is 0 Å². The van der Waals surface area contributed by atoms with Crippen LogP contribution in [-0.4, -0.2) is 33.7 Å². The van der Waals surface area contributed by atoms with Crippen LogP contribution in [0.5, 0.6) is 5.75 Å². The maximum atomic E-state index is 5.39. The van der Waals surface area contributed by atoms with Gasteiger partial charge in [-0.15, -0.1) is 23.7 Å². The molecule has 0 radical (unpaired) electrons.